The van der Waals surface area contributed by atoms with Gasteiger partial charge in [0.05, 0.1) is 17.1 Å². The Balaban J connectivity index is 2.49. The third-order valence-electron chi connectivity index (χ3n) is 2.98. The van der Waals surface area contributed by atoms with Crippen LogP contribution in [-0.4, -0.2) is 10.0 Å². The summed E-state index contributed by atoms with van der Waals surface area (Å²) in [6, 6.07) is 6.57. The second-order valence-corrected chi connectivity index (χ2v) is 4.59. The number of aliphatic hydroxyl groups is 1. The minimum atomic E-state index is -5.04. The molecule has 0 saturated carbocycles. The molecule has 2 N–H and O–H groups in total. The average Bonchev–Trinajstić information content (AvgIpc) is 2.45. The SMILES string of the molecule is O=[N+]([O-])c1cc(C(F)(F)F)c(F)cc1Nc1cccc(CO)c1. The van der Waals surface area contributed by atoms with Gasteiger partial charge in [-0.3, -0.25) is 10.1 Å². The molecule has 122 valence electrons. The summed E-state index contributed by atoms with van der Waals surface area (Å²) in [5.41, 5.74) is -2.30. The lowest BCUT2D eigenvalue weighted by Gasteiger charge is -2.12. The standard InChI is InChI=1S/C14H10F4N2O3/c15-11-6-12(19-9-3-1-2-8(4-9)7-21)13(20(22)23)5-10(11)14(16,17)18/h1-6,19,21H,7H2. The van der Waals surface area contributed by atoms with E-state index in [0.717, 1.165) is 0 Å². The van der Waals surface area contributed by atoms with E-state index in [1.165, 1.54) is 18.2 Å². The number of benzene rings is 2. The Labute approximate surface area is 127 Å². The highest BCUT2D eigenvalue weighted by Gasteiger charge is 2.37. The van der Waals surface area contributed by atoms with Gasteiger partial charge in [-0.2, -0.15) is 13.2 Å². The maximum Gasteiger partial charge on any atom is 0.419 e. The molecule has 0 unspecified atom stereocenters. The van der Waals surface area contributed by atoms with Gasteiger partial charge in [-0.15, -0.1) is 0 Å². The second kappa shape index (κ2) is 6.21. The molecule has 0 spiro atoms. The fraction of sp³-hybridized carbons (Fsp3) is 0.143. The minimum absolute atomic E-state index is 0.146. The van der Waals surface area contributed by atoms with Crippen LogP contribution in [-0.2, 0) is 12.8 Å². The van der Waals surface area contributed by atoms with Gasteiger partial charge < -0.3 is 10.4 Å². The largest absolute Gasteiger partial charge is 0.419 e. The highest BCUT2D eigenvalue weighted by molar-refractivity contribution is 5.70. The molecule has 0 radical (unpaired) electrons. The van der Waals surface area contributed by atoms with E-state index in [2.05, 4.69) is 5.32 Å². The highest BCUT2D eigenvalue weighted by Crippen LogP contribution is 2.38. The van der Waals surface area contributed by atoms with E-state index in [1.807, 2.05) is 0 Å². The predicted octanol–water partition coefficient (Wildman–Crippen LogP) is 3.99. The number of aliphatic hydroxyl groups excluding tert-OH is 1. The number of alkyl halides is 3. The lowest BCUT2D eigenvalue weighted by Crippen LogP contribution is -2.10. The number of nitrogens with one attached hydrogen (secondary N) is 1. The van der Waals surface area contributed by atoms with Gasteiger partial charge in [0, 0.05) is 17.8 Å². The van der Waals surface area contributed by atoms with E-state index in [-0.39, 0.29) is 18.4 Å². The Morgan fingerprint density at radius 3 is 2.48 bits per heavy atom. The molecule has 2 aromatic rings. The Bertz CT molecular complexity index is 747. The zero-order valence-corrected chi connectivity index (χ0v) is 11.4. The summed E-state index contributed by atoms with van der Waals surface area (Å²) >= 11 is 0. The van der Waals surface area contributed by atoms with Crippen molar-refractivity contribution in [3.8, 4) is 0 Å². The van der Waals surface area contributed by atoms with Gasteiger partial charge in [0.2, 0.25) is 0 Å². The average molecular weight is 330 g/mol. The van der Waals surface area contributed by atoms with Gasteiger partial charge in [-0.25, -0.2) is 4.39 Å². The summed E-state index contributed by atoms with van der Waals surface area (Å²) in [5.74, 6) is -1.62. The van der Waals surface area contributed by atoms with Crippen LogP contribution in [0.5, 0.6) is 0 Å². The van der Waals surface area contributed by atoms with Crippen molar-refractivity contribution in [3.05, 3.63) is 63.5 Å². The molecule has 0 aliphatic carbocycles. The van der Waals surface area contributed by atoms with Crippen molar-refractivity contribution in [1.82, 2.24) is 0 Å². The molecule has 0 aromatic heterocycles. The fourth-order valence-corrected chi connectivity index (χ4v) is 1.93. The number of anilines is 2. The molecule has 0 amide bonds. The van der Waals surface area contributed by atoms with Gasteiger partial charge in [-0.05, 0) is 17.7 Å². The maximum atomic E-state index is 13.6. The van der Waals surface area contributed by atoms with E-state index < -0.39 is 33.9 Å². The van der Waals surface area contributed by atoms with Crippen LogP contribution >= 0.6 is 0 Å². The van der Waals surface area contributed by atoms with Gasteiger partial charge in [0.15, 0.2) is 0 Å². The highest BCUT2D eigenvalue weighted by atomic mass is 19.4. The zero-order valence-electron chi connectivity index (χ0n) is 11.4. The van der Waals surface area contributed by atoms with Crippen molar-refractivity contribution in [1.29, 1.82) is 0 Å². The fourth-order valence-electron chi connectivity index (χ4n) is 1.93. The summed E-state index contributed by atoms with van der Waals surface area (Å²) in [6.45, 7) is -0.293. The molecule has 0 aliphatic rings. The lowest BCUT2D eigenvalue weighted by atomic mass is 10.1. The van der Waals surface area contributed by atoms with Crippen molar-refractivity contribution < 1.29 is 27.6 Å². The Hall–Kier alpha value is -2.68. The lowest BCUT2D eigenvalue weighted by molar-refractivity contribution is -0.384. The van der Waals surface area contributed by atoms with E-state index in [4.69, 9.17) is 5.11 Å². The van der Waals surface area contributed by atoms with Crippen molar-refractivity contribution in [3.63, 3.8) is 0 Å². The van der Waals surface area contributed by atoms with Gasteiger partial charge in [0.25, 0.3) is 5.69 Å². The number of nitrogens with zero attached hydrogens (tertiary/aromatic N) is 1. The first-order chi connectivity index (χ1) is 10.7. The van der Waals surface area contributed by atoms with Gasteiger partial charge >= 0.3 is 6.18 Å². The van der Waals surface area contributed by atoms with E-state index in [9.17, 15) is 27.7 Å². The molecule has 0 bridgehead atoms. The van der Waals surface area contributed by atoms with Crippen LogP contribution in [0.4, 0.5) is 34.6 Å². The van der Waals surface area contributed by atoms with Crippen molar-refractivity contribution in [2.75, 3.05) is 5.32 Å². The topological polar surface area (TPSA) is 75.4 Å². The maximum absolute atomic E-state index is 13.6. The van der Waals surface area contributed by atoms with Crippen LogP contribution in [0.3, 0.4) is 0 Å². The second-order valence-electron chi connectivity index (χ2n) is 4.59. The van der Waals surface area contributed by atoms with E-state index in [1.54, 1.807) is 6.07 Å². The molecule has 0 atom stereocenters. The molecule has 0 fully saturated rings. The predicted molar refractivity (Wildman–Crippen MR) is 73.7 cm³/mol. The van der Waals surface area contributed by atoms with Crippen LogP contribution in [0.1, 0.15) is 11.1 Å². The monoisotopic (exact) mass is 330 g/mol. The van der Waals surface area contributed by atoms with Crippen molar-refractivity contribution in [2.24, 2.45) is 0 Å². The Morgan fingerprint density at radius 1 is 1.22 bits per heavy atom. The van der Waals surface area contributed by atoms with Crippen LogP contribution in [0.15, 0.2) is 36.4 Å². The molecule has 0 saturated heterocycles. The first kappa shape index (κ1) is 16.7. The molecule has 0 heterocycles. The summed E-state index contributed by atoms with van der Waals surface area (Å²) in [7, 11) is 0. The molecule has 2 aromatic carbocycles. The summed E-state index contributed by atoms with van der Waals surface area (Å²) in [4.78, 5) is 9.93. The third kappa shape index (κ3) is 3.75. The summed E-state index contributed by atoms with van der Waals surface area (Å²) in [6.07, 6.45) is -5.04. The quantitative estimate of drug-likeness (QED) is 0.505. The molecule has 5 nitrogen and oxygen atoms in total. The van der Waals surface area contributed by atoms with E-state index >= 15 is 0 Å². The number of hydrogen-bond donors (Lipinski definition) is 2. The van der Waals surface area contributed by atoms with Crippen LogP contribution in [0.25, 0.3) is 0 Å². The van der Waals surface area contributed by atoms with Gasteiger partial charge in [0.1, 0.15) is 11.5 Å². The Morgan fingerprint density at radius 2 is 1.91 bits per heavy atom. The smallest absolute Gasteiger partial charge is 0.392 e. The first-order valence-corrected chi connectivity index (χ1v) is 6.24. The summed E-state index contributed by atoms with van der Waals surface area (Å²) in [5, 5.41) is 22.5. The van der Waals surface area contributed by atoms with Gasteiger partial charge in [-0.1, -0.05) is 12.1 Å². The molecule has 0 aliphatic heterocycles. The minimum Gasteiger partial charge on any atom is -0.392 e. The van der Waals surface area contributed by atoms with Crippen LogP contribution in [0, 0.1) is 15.9 Å². The number of nitro groups is 1. The first-order valence-electron chi connectivity index (χ1n) is 6.24. The number of rotatable bonds is 4. The number of nitro benzene ring substituents is 1. The van der Waals surface area contributed by atoms with E-state index in [0.29, 0.717) is 11.6 Å². The molecular formula is C14H10F4N2O3. The third-order valence-corrected chi connectivity index (χ3v) is 2.98. The zero-order chi connectivity index (χ0) is 17.2. The normalized spacial score (nSPS) is 11.3. The Kier molecular flexibility index (Phi) is 4.50. The number of halogens is 4. The number of hydrogen-bond acceptors (Lipinski definition) is 4. The molecule has 23 heavy (non-hydrogen) atoms. The molecule has 2 rings (SSSR count). The molecular weight excluding hydrogens is 320 g/mol. The van der Waals surface area contributed by atoms with Crippen LogP contribution in [0.2, 0.25) is 0 Å². The van der Waals surface area contributed by atoms with Crippen LogP contribution < -0.4 is 5.32 Å². The van der Waals surface area contributed by atoms with Crippen molar-refractivity contribution in [2.45, 2.75) is 12.8 Å². The molecule has 9 heteroatoms. The summed E-state index contributed by atoms with van der Waals surface area (Å²) < 4.78 is 51.5. The van der Waals surface area contributed by atoms with Crippen molar-refractivity contribution >= 4 is 17.1 Å².